The highest BCUT2D eigenvalue weighted by molar-refractivity contribution is 4.76. The third-order valence-electron chi connectivity index (χ3n) is 3.50. The fourth-order valence-electron chi connectivity index (χ4n) is 2.29. The molecule has 0 aromatic carbocycles. The second-order valence-corrected chi connectivity index (χ2v) is 5.57. The van der Waals surface area contributed by atoms with Crippen molar-refractivity contribution in [2.75, 3.05) is 52.9 Å². The summed E-state index contributed by atoms with van der Waals surface area (Å²) in [6, 6.07) is 0. The Morgan fingerprint density at radius 3 is 2.47 bits per heavy atom. The van der Waals surface area contributed by atoms with Crippen LogP contribution in [-0.4, -0.2) is 73.4 Å². The first-order chi connectivity index (χ1) is 8.03. The Labute approximate surface area is 106 Å². The average molecular weight is 243 g/mol. The van der Waals surface area contributed by atoms with Crippen molar-refractivity contribution in [3.63, 3.8) is 0 Å². The number of hydrogen-bond donors (Lipinski definition) is 2. The number of nitrogens with zero attached hydrogens (tertiary/aromatic N) is 2. The van der Waals surface area contributed by atoms with Gasteiger partial charge in [-0.3, -0.25) is 4.90 Å². The van der Waals surface area contributed by atoms with E-state index in [0.717, 1.165) is 25.9 Å². The van der Waals surface area contributed by atoms with E-state index < -0.39 is 5.60 Å². The van der Waals surface area contributed by atoms with Crippen LogP contribution >= 0.6 is 0 Å². The summed E-state index contributed by atoms with van der Waals surface area (Å²) in [5.41, 5.74) is -0.545. The van der Waals surface area contributed by atoms with Crippen LogP contribution in [0.4, 0.5) is 0 Å². The number of piperazine rings is 1. The van der Waals surface area contributed by atoms with Crippen LogP contribution in [0.1, 0.15) is 26.7 Å². The lowest BCUT2D eigenvalue weighted by Gasteiger charge is -2.32. The molecule has 17 heavy (non-hydrogen) atoms. The molecule has 1 fully saturated rings. The molecule has 1 rings (SSSR count). The van der Waals surface area contributed by atoms with Crippen LogP contribution in [0.2, 0.25) is 0 Å². The summed E-state index contributed by atoms with van der Waals surface area (Å²) in [5.74, 6) is 0. The first-order valence-electron chi connectivity index (χ1n) is 6.87. The van der Waals surface area contributed by atoms with Crippen molar-refractivity contribution in [2.24, 2.45) is 0 Å². The molecule has 0 amide bonds. The Kier molecular flexibility index (Phi) is 6.41. The summed E-state index contributed by atoms with van der Waals surface area (Å²) >= 11 is 0. The summed E-state index contributed by atoms with van der Waals surface area (Å²) in [4.78, 5) is 4.86. The first-order valence-corrected chi connectivity index (χ1v) is 6.87. The molecule has 4 heteroatoms. The van der Waals surface area contributed by atoms with E-state index in [1.54, 1.807) is 0 Å². The van der Waals surface area contributed by atoms with E-state index in [1.807, 2.05) is 6.92 Å². The molecular formula is C13H29N3O. The smallest absolute Gasteiger partial charge is 0.0743 e. The number of hydrogen-bond acceptors (Lipinski definition) is 4. The van der Waals surface area contributed by atoms with Crippen molar-refractivity contribution >= 4 is 0 Å². The van der Waals surface area contributed by atoms with Crippen LogP contribution in [-0.2, 0) is 0 Å². The zero-order chi connectivity index (χ0) is 12.7. The quantitative estimate of drug-likeness (QED) is 0.634. The molecule has 0 aromatic rings. The van der Waals surface area contributed by atoms with Gasteiger partial charge >= 0.3 is 0 Å². The second-order valence-electron chi connectivity index (χ2n) is 5.57. The topological polar surface area (TPSA) is 38.7 Å². The Morgan fingerprint density at radius 1 is 1.24 bits per heavy atom. The van der Waals surface area contributed by atoms with Gasteiger partial charge in [0.15, 0.2) is 0 Å². The normalized spacial score (nSPS) is 22.6. The number of likely N-dealkylation sites (N-methyl/N-ethyl adjacent to an activating group) is 1. The van der Waals surface area contributed by atoms with Gasteiger partial charge < -0.3 is 15.3 Å². The second kappa shape index (κ2) is 7.31. The zero-order valence-electron chi connectivity index (χ0n) is 11.7. The fourth-order valence-corrected chi connectivity index (χ4v) is 2.29. The van der Waals surface area contributed by atoms with E-state index >= 15 is 0 Å². The van der Waals surface area contributed by atoms with Crippen LogP contribution in [0, 0.1) is 0 Å². The molecule has 0 aliphatic carbocycles. The van der Waals surface area contributed by atoms with Crippen molar-refractivity contribution in [3.8, 4) is 0 Å². The first kappa shape index (κ1) is 14.9. The minimum Gasteiger partial charge on any atom is -0.389 e. The van der Waals surface area contributed by atoms with Gasteiger partial charge in [0.25, 0.3) is 0 Å². The maximum Gasteiger partial charge on any atom is 0.0743 e. The highest BCUT2D eigenvalue weighted by atomic mass is 16.3. The Balaban J connectivity index is 2.04. The van der Waals surface area contributed by atoms with Gasteiger partial charge in [0.05, 0.1) is 5.60 Å². The van der Waals surface area contributed by atoms with E-state index in [-0.39, 0.29) is 0 Å². The summed E-state index contributed by atoms with van der Waals surface area (Å²) in [6.07, 6.45) is 1.90. The standard InChI is InChI=1S/C13H29N3O/c1-4-5-13(2,17)12-14-6-7-16-10-8-15(3)9-11-16/h14,17H,4-12H2,1-3H3. The predicted molar refractivity (Wildman–Crippen MR) is 72.3 cm³/mol. The van der Waals surface area contributed by atoms with E-state index in [0.29, 0.717) is 6.54 Å². The van der Waals surface area contributed by atoms with Gasteiger partial charge in [-0.2, -0.15) is 0 Å². The molecule has 1 aliphatic rings. The van der Waals surface area contributed by atoms with E-state index in [2.05, 4.69) is 29.1 Å². The molecule has 102 valence electrons. The minimum atomic E-state index is -0.545. The summed E-state index contributed by atoms with van der Waals surface area (Å²) in [5, 5.41) is 13.4. The zero-order valence-corrected chi connectivity index (χ0v) is 11.7. The van der Waals surface area contributed by atoms with Crippen LogP contribution in [0.5, 0.6) is 0 Å². The fraction of sp³-hybridized carbons (Fsp3) is 1.00. The van der Waals surface area contributed by atoms with Gasteiger partial charge in [-0.05, 0) is 20.4 Å². The lowest BCUT2D eigenvalue weighted by atomic mass is 10.0. The van der Waals surface area contributed by atoms with Crippen LogP contribution in [0.25, 0.3) is 0 Å². The van der Waals surface area contributed by atoms with Crippen molar-refractivity contribution in [3.05, 3.63) is 0 Å². The molecule has 1 unspecified atom stereocenters. The lowest BCUT2D eigenvalue weighted by molar-refractivity contribution is 0.0490. The van der Waals surface area contributed by atoms with Gasteiger partial charge in [-0.15, -0.1) is 0 Å². The van der Waals surface area contributed by atoms with Crippen molar-refractivity contribution in [1.29, 1.82) is 0 Å². The average Bonchev–Trinajstić information content (AvgIpc) is 2.27. The summed E-state index contributed by atoms with van der Waals surface area (Å²) in [7, 11) is 2.18. The van der Waals surface area contributed by atoms with E-state index in [1.165, 1.54) is 26.2 Å². The molecular weight excluding hydrogens is 214 g/mol. The maximum absolute atomic E-state index is 10.0. The third-order valence-corrected chi connectivity index (χ3v) is 3.50. The van der Waals surface area contributed by atoms with Gasteiger partial charge in [0, 0.05) is 45.8 Å². The molecule has 2 N–H and O–H groups in total. The molecule has 1 heterocycles. The van der Waals surface area contributed by atoms with Crippen LogP contribution in [0.3, 0.4) is 0 Å². The molecule has 1 saturated heterocycles. The molecule has 0 bridgehead atoms. The van der Waals surface area contributed by atoms with E-state index in [9.17, 15) is 5.11 Å². The van der Waals surface area contributed by atoms with Crippen molar-refractivity contribution in [1.82, 2.24) is 15.1 Å². The largest absolute Gasteiger partial charge is 0.389 e. The lowest BCUT2D eigenvalue weighted by Crippen LogP contribution is -2.47. The monoisotopic (exact) mass is 243 g/mol. The molecule has 0 aromatic heterocycles. The molecule has 1 atom stereocenters. The van der Waals surface area contributed by atoms with Gasteiger partial charge in [0.1, 0.15) is 0 Å². The highest BCUT2D eigenvalue weighted by Crippen LogP contribution is 2.09. The van der Waals surface area contributed by atoms with Crippen molar-refractivity contribution < 1.29 is 5.11 Å². The Bertz CT molecular complexity index is 201. The Hall–Kier alpha value is -0.160. The maximum atomic E-state index is 10.0. The SMILES string of the molecule is CCCC(C)(O)CNCCN1CCN(C)CC1. The molecule has 0 spiro atoms. The number of aliphatic hydroxyl groups is 1. The molecule has 0 saturated carbocycles. The van der Waals surface area contributed by atoms with Crippen LogP contribution < -0.4 is 5.32 Å². The number of rotatable bonds is 7. The van der Waals surface area contributed by atoms with E-state index in [4.69, 9.17) is 0 Å². The molecule has 4 nitrogen and oxygen atoms in total. The third kappa shape index (κ3) is 6.36. The summed E-state index contributed by atoms with van der Waals surface area (Å²) in [6.45, 7) is 11.5. The minimum absolute atomic E-state index is 0.545. The van der Waals surface area contributed by atoms with Gasteiger partial charge in [-0.25, -0.2) is 0 Å². The van der Waals surface area contributed by atoms with Crippen molar-refractivity contribution in [2.45, 2.75) is 32.3 Å². The number of nitrogens with one attached hydrogen (secondary N) is 1. The molecule has 1 aliphatic heterocycles. The van der Waals surface area contributed by atoms with Gasteiger partial charge in [0.2, 0.25) is 0 Å². The summed E-state index contributed by atoms with van der Waals surface area (Å²) < 4.78 is 0. The van der Waals surface area contributed by atoms with Gasteiger partial charge in [-0.1, -0.05) is 13.3 Å². The highest BCUT2D eigenvalue weighted by Gasteiger charge is 2.18. The predicted octanol–water partition coefficient (Wildman–Crippen LogP) is 0.375. The van der Waals surface area contributed by atoms with Crippen LogP contribution in [0.15, 0.2) is 0 Å². The Morgan fingerprint density at radius 2 is 1.88 bits per heavy atom. The molecule has 0 radical (unpaired) electrons.